The molecule has 1 N–H and O–H groups in total. The van der Waals surface area contributed by atoms with E-state index in [0.29, 0.717) is 32.3 Å². The lowest BCUT2D eigenvalue weighted by Crippen LogP contribution is -2.34. The van der Waals surface area contributed by atoms with Crippen LogP contribution in [0.1, 0.15) is 29.2 Å². The van der Waals surface area contributed by atoms with Crippen molar-refractivity contribution in [2.24, 2.45) is 11.1 Å². The molecule has 3 atom stereocenters. The predicted molar refractivity (Wildman–Crippen MR) is 116 cm³/mol. The molecule has 30 heavy (non-hydrogen) atoms. The summed E-state index contributed by atoms with van der Waals surface area (Å²) in [5, 5.41) is 11.7. The van der Waals surface area contributed by atoms with Crippen molar-refractivity contribution in [3.63, 3.8) is 0 Å². The van der Waals surface area contributed by atoms with E-state index >= 15 is 0 Å². The highest BCUT2D eigenvalue weighted by atomic mass is 16.6. The molecular formula is C25H27NO4. The number of allylic oxidation sites excluding steroid dienone is 2. The first-order chi connectivity index (χ1) is 14.8. The second-order valence-electron chi connectivity index (χ2n) is 7.65. The third kappa shape index (κ3) is 5.45. The standard InChI is InChI=1S/C25H27NO4/c27-26-14-19-9-11-22(12-10-19)24-17-29-18-25(30-24)23-8-4-7-21(13-23)16-28-15-20-5-2-1-3-6-20/h1-12,14,21,24-25,27H,13,15-18H2. The Kier molecular flexibility index (Phi) is 7.08. The highest BCUT2D eigenvalue weighted by Crippen LogP contribution is 2.31. The summed E-state index contributed by atoms with van der Waals surface area (Å²) in [5.41, 5.74) is 4.34. The van der Waals surface area contributed by atoms with Gasteiger partial charge in [0.25, 0.3) is 0 Å². The maximum Gasteiger partial charge on any atom is 0.107 e. The second-order valence-corrected chi connectivity index (χ2v) is 7.65. The highest BCUT2D eigenvalue weighted by Gasteiger charge is 2.28. The van der Waals surface area contributed by atoms with E-state index in [0.717, 1.165) is 17.5 Å². The van der Waals surface area contributed by atoms with Gasteiger partial charge >= 0.3 is 0 Å². The average Bonchev–Trinajstić information content (AvgIpc) is 2.81. The van der Waals surface area contributed by atoms with Crippen LogP contribution in [0.25, 0.3) is 0 Å². The number of hydrogen-bond donors (Lipinski definition) is 1. The Hall–Kier alpha value is -2.73. The van der Waals surface area contributed by atoms with Crippen molar-refractivity contribution in [1.82, 2.24) is 0 Å². The summed E-state index contributed by atoms with van der Waals surface area (Å²) in [4.78, 5) is 0. The van der Waals surface area contributed by atoms with Gasteiger partial charge in [-0.15, -0.1) is 0 Å². The number of hydrogen-bond acceptors (Lipinski definition) is 5. The van der Waals surface area contributed by atoms with Gasteiger partial charge in [0.1, 0.15) is 12.2 Å². The van der Waals surface area contributed by atoms with Crippen LogP contribution < -0.4 is 0 Å². The van der Waals surface area contributed by atoms with Gasteiger partial charge in [0.2, 0.25) is 0 Å². The zero-order chi connectivity index (χ0) is 20.6. The van der Waals surface area contributed by atoms with Crippen LogP contribution in [0.3, 0.4) is 0 Å². The van der Waals surface area contributed by atoms with E-state index in [-0.39, 0.29) is 12.2 Å². The van der Waals surface area contributed by atoms with Gasteiger partial charge in [-0.05, 0) is 28.7 Å². The van der Waals surface area contributed by atoms with Gasteiger partial charge in [-0.2, -0.15) is 0 Å². The van der Waals surface area contributed by atoms with Crippen LogP contribution in [-0.2, 0) is 20.8 Å². The van der Waals surface area contributed by atoms with Crippen molar-refractivity contribution in [3.8, 4) is 0 Å². The van der Waals surface area contributed by atoms with Crippen molar-refractivity contribution in [2.45, 2.75) is 25.2 Å². The molecule has 0 radical (unpaired) electrons. The number of nitrogens with zero attached hydrogens (tertiary/aromatic N) is 1. The molecule has 1 aliphatic carbocycles. The molecule has 2 aromatic carbocycles. The maximum atomic E-state index is 8.65. The molecule has 1 saturated heterocycles. The van der Waals surface area contributed by atoms with Gasteiger partial charge < -0.3 is 19.4 Å². The molecule has 0 spiro atoms. The Morgan fingerprint density at radius 3 is 2.63 bits per heavy atom. The van der Waals surface area contributed by atoms with Crippen molar-refractivity contribution in [2.75, 3.05) is 19.8 Å². The molecule has 4 rings (SSSR count). The van der Waals surface area contributed by atoms with Gasteiger partial charge in [-0.3, -0.25) is 0 Å². The SMILES string of the molecule is ON=Cc1ccc(C2COCC(C3=CC=CC(COCc4ccccc4)C3)O2)cc1. The zero-order valence-corrected chi connectivity index (χ0v) is 16.9. The van der Waals surface area contributed by atoms with Crippen LogP contribution in [0.15, 0.2) is 83.6 Å². The molecule has 1 aliphatic heterocycles. The van der Waals surface area contributed by atoms with Crippen LogP contribution in [0.4, 0.5) is 0 Å². The quantitative estimate of drug-likeness (QED) is 0.413. The topological polar surface area (TPSA) is 60.3 Å². The summed E-state index contributed by atoms with van der Waals surface area (Å²) >= 11 is 0. The number of ether oxygens (including phenoxy) is 3. The molecule has 0 aromatic heterocycles. The van der Waals surface area contributed by atoms with E-state index in [1.165, 1.54) is 17.4 Å². The molecule has 0 amide bonds. The lowest BCUT2D eigenvalue weighted by molar-refractivity contribution is -0.127. The maximum absolute atomic E-state index is 8.65. The first-order valence-corrected chi connectivity index (χ1v) is 10.3. The summed E-state index contributed by atoms with van der Waals surface area (Å²) < 4.78 is 18.2. The molecule has 2 aromatic rings. The molecule has 5 heteroatoms. The smallest absolute Gasteiger partial charge is 0.107 e. The van der Waals surface area contributed by atoms with Crippen molar-refractivity contribution < 1.29 is 19.4 Å². The minimum atomic E-state index is -0.108. The van der Waals surface area contributed by atoms with Crippen LogP contribution in [0.2, 0.25) is 0 Å². The molecule has 5 nitrogen and oxygen atoms in total. The fraction of sp³-hybridized carbons (Fsp3) is 0.320. The molecule has 1 fully saturated rings. The van der Waals surface area contributed by atoms with Crippen LogP contribution in [-0.4, -0.2) is 37.3 Å². The Morgan fingerprint density at radius 2 is 1.83 bits per heavy atom. The van der Waals surface area contributed by atoms with Crippen LogP contribution in [0, 0.1) is 5.92 Å². The van der Waals surface area contributed by atoms with Gasteiger partial charge in [0.15, 0.2) is 0 Å². The monoisotopic (exact) mass is 405 g/mol. The number of benzene rings is 2. The van der Waals surface area contributed by atoms with E-state index in [4.69, 9.17) is 19.4 Å². The van der Waals surface area contributed by atoms with Gasteiger partial charge in [0.05, 0.1) is 32.6 Å². The first kappa shape index (κ1) is 20.5. The average molecular weight is 405 g/mol. The third-order valence-electron chi connectivity index (χ3n) is 5.43. The number of oxime groups is 1. The summed E-state index contributed by atoms with van der Waals surface area (Å²) in [6.07, 6.45) is 8.61. The van der Waals surface area contributed by atoms with Gasteiger partial charge in [0, 0.05) is 5.92 Å². The molecule has 2 aliphatic rings. The van der Waals surface area contributed by atoms with E-state index in [2.05, 4.69) is 35.5 Å². The van der Waals surface area contributed by atoms with Crippen molar-refractivity contribution >= 4 is 6.21 Å². The predicted octanol–water partition coefficient (Wildman–Crippen LogP) is 4.67. The third-order valence-corrected chi connectivity index (χ3v) is 5.43. The summed E-state index contributed by atoms with van der Waals surface area (Å²) in [5.74, 6) is 0.342. The minimum Gasteiger partial charge on any atom is -0.411 e. The van der Waals surface area contributed by atoms with E-state index in [1.807, 2.05) is 42.5 Å². The summed E-state index contributed by atoms with van der Waals surface area (Å²) in [6, 6.07) is 18.0. The zero-order valence-electron chi connectivity index (χ0n) is 16.9. The van der Waals surface area contributed by atoms with E-state index in [9.17, 15) is 0 Å². The molecule has 156 valence electrons. The fourth-order valence-electron chi connectivity index (χ4n) is 3.82. The Labute approximate surface area is 177 Å². The second kappa shape index (κ2) is 10.3. The Bertz CT molecular complexity index is 889. The van der Waals surface area contributed by atoms with Gasteiger partial charge in [-0.1, -0.05) is 78.0 Å². The van der Waals surface area contributed by atoms with E-state index in [1.54, 1.807) is 0 Å². The van der Waals surface area contributed by atoms with Crippen molar-refractivity contribution in [3.05, 3.63) is 95.1 Å². The van der Waals surface area contributed by atoms with Gasteiger partial charge in [-0.25, -0.2) is 0 Å². The summed E-state index contributed by atoms with van der Waals surface area (Å²) in [7, 11) is 0. The minimum absolute atomic E-state index is 0.0518. The van der Waals surface area contributed by atoms with Crippen LogP contribution in [0.5, 0.6) is 0 Å². The lowest BCUT2D eigenvalue weighted by Gasteiger charge is -2.33. The van der Waals surface area contributed by atoms with Crippen LogP contribution >= 0.6 is 0 Å². The summed E-state index contributed by atoms with van der Waals surface area (Å²) in [6.45, 7) is 2.43. The fourth-order valence-corrected chi connectivity index (χ4v) is 3.82. The first-order valence-electron chi connectivity index (χ1n) is 10.3. The molecule has 1 heterocycles. The number of rotatable bonds is 7. The van der Waals surface area contributed by atoms with E-state index < -0.39 is 0 Å². The largest absolute Gasteiger partial charge is 0.411 e. The molecule has 0 saturated carbocycles. The normalized spacial score (nSPS) is 24.1. The Balaban J connectivity index is 1.31. The lowest BCUT2D eigenvalue weighted by atomic mass is 9.91. The molecule has 0 bridgehead atoms. The highest BCUT2D eigenvalue weighted by molar-refractivity contribution is 5.78. The Morgan fingerprint density at radius 1 is 1.03 bits per heavy atom. The van der Waals surface area contributed by atoms with Crippen molar-refractivity contribution in [1.29, 1.82) is 0 Å². The molecular weight excluding hydrogens is 378 g/mol. The molecule has 3 unspecified atom stereocenters.